The van der Waals surface area contributed by atoms with Gasteiger partial charge in [0.15, 0.2) is 0 Å². The van der Waals surface area contributed by atoms with E-state index in [4.69, 9.17) is 0 Å². The van der Waals surface area contributed by atoms with Crippen LogP contribution in [0, 0.1) is 50.4 Å². The normalized spacial score (nSPS) is 12.1. The van der Waals surface area contributed by atoms with E-state index in [1.165, 1.54) is 54.9 Å². The second-order valence-corrected chi connectivity index (χ2v) is 18.8. The molecule has 0 saturated heterocycles. The van der Waals surface area contributed by atoms with Gasteiger partial charge < -0.3 is 9.13 Å². The van der Waals surface area contributed by atoms with E-state index >= 15 is 0 Å². The van der Waals surface area contributed by atoms with Crippen molar-refractivity contribution in [2.24, 2.45) is 0 Å². The number of benzene rings is 7. The summed E-state index contributed by atoms with van der Waals surface area (Å²) in [6, 6.07) is 48.5. The maximum atomic E-state index is 10.5. The molecule has 0 bridgehead atoms. The van der Waals surface area contributed by atoms with E-state index in [0.717, 1.165) is 55.7 Å². The lowest BCUT2D eigenvalue weighted by molar-refractivity contribution is 0.565. The molecule has 0 aliphatic carbocycles. The summed E-state index contributed by atoms with van der Waals surface area (Å²) in [7, 11) is 0. The molecule has 2 aromatic heterocycles. The Balaban J connectivity index is 1.68. The number of hydrogen-bond donors (Lipinski definition) is 0. The number of aromatic nitrogens is 2. The van der Waals surface area contributed by atoms with Gasteiger partial charge in [-0.05, 0) is 134 Å². The van der Waals surface area contributed by atoms with Crippen molar-refractivity contribution in [1.29, 1.82) is 10.5 Å². The topological polar surface area (TPSA) is 57.4 Å². The minimum absolute atomic E-state index is 0.417. The van der Waals surface area contributed by atoms with Gasteiger partial charge in [0.05, 0.1) is 56.7 Å². The van der Waals surface area contributed by atoms with Crippen molar-refractivity contribution in [1.82, 2.24) is 9.13 Å². The van der Waals surface area contributed by atoms with E-state index in [2.05, 4.69) is 188 Å². The van der Waals surface area contributed by atoms with Crippen molar-refractivity contribution in [3.05, 3.63) is 166 Å². The molecule has 9 rings (SSSR count). The fourth-order valence-corrected chi connectivity index (χ4v) is 9.67. The quantitative estimate of drug-likeness (QED) is 0.179. The van der Waals surface area contributed by atoms with Crippen LogP contribution in [0.5, 0.6) is 0 Å². The standard InChI is InChI=1S/C56H50N4/c1-33-17-21-45-41(25-33)42-26-34(2)18-22-46(42)59(45)53-49(39-15-11-13-37(29-39)31-57)51(55(5,6)7)54(52(56(8,9)10)50(53)40-16-12-14-38(30-40)32-58)60-47-23-19-35(3)27-43(47)44-28-36(4)20-24-48(44)60/h11-30H,1-10H3. The van der Waals surface area contributed by atoms with Crippen molar-refractivity contribution >= 4 is 43.6 Å². The minimum atomic E-state index is -0.417. The van der Waals surface area contributed by atoms with Crippen LogP contribution in [0.25, 0.3) is 77.2 Å². The fourth-order valence-electron chi connectivity index (χ4n) is 9.67. The molecule has 0 fully saturated rings. The number of aryl methyl sites for hydroxylation is 4. The highest BCUT2D eigenvalue weighted by Crippen LogP contribution is 2.54. The number of nitrogens with zero attached hydrogens (tertiary/aromatic N) is 4. The van der Waals surface area contributed by atoms with Gasteiger partial charge in [-0.3, -0.25) is 0 Å². The summed E-state index contributed by atoms with van der Waals surface area (Å²) in [6.07, 6.45) is 0. The summed E-state index contributed by atoms with van der Waals surface area (Å²) in [5, 5.41) is 25.7. The van der Waals surface area contributed by atoms with Crippen LogP contribution in [0.4, 0.5) is 0 Å². The Morgan fingerprint density at radius 3 is 1.02 bits per heavy atom. The summed E-state index contributed by atoms with van der Waals surface area (Å²) in [5.41, 5.74) is 18.3. The molecule has 294 valence electrons. The molecule has 4 nitrogen and oxygen atoms in total. The summed E-state index contributed by atoms with van der Waals surface area (Å²) in [6.45, 7) is 22.6. The zero-order chi connectivity index (χ0) is 42.4. The first kappa shape index (κ1) is 38.6. The van der Waals surface area contributed by atoms with Gasteiger partial charge in [0.2, 0.25) is 0 Å². The van der Waals surface area contributed by atoms with E-state index in [1.54, 1.807) is 0 Å². The summed E-state index contributed by atoms with van der Waals surface area (Å²) in [5.74, 6) is 0. The molecule has 0 saturated carbocycles. The van der Waals surface area contributed by atoms with E-state index in [9.17, 15) is 10.5 Å². The molecular weight excluding hydrogens is 729 g/mol. The first-order valence-corrected chi connectivity index (χ1v) is 20.9. The van der Waals surface area contributed by atoms with E-state index in [-0.39, 0.29) is 0 Å². The minimum Gasteiger partial charge on any atom is -0.309 e. The van der Waals surface area contributed by atoms with E-state index in [1.807, 2.05) is 24.3 Å². The number of fused-ring (bicyclic) bond motifs is 6. The van der Waals surface area contributed by atoms with Gasteiger partial charge in [0.25, 0.3) is 0 Å². The monoisotopic (exact) mass is 778 g/mol. The van der Waals surface area contributed by atoms with Gasteiger partial charge in [-0.25, -0.2) is 0 Å². The predicted molar refractivity (Wildman–Crippen MR) is 252 cm³/mol. The third kappa shape index (κ3) is 6.10. The highest BCUT2D eigenvalue weighted by Gasteiger charge is 2.38. The Kier molecular flexibility index (Phi) is 8.93. The predicted octanol–water partition coefficient (Wildman–Crippen LogP) is 14.8. The fraction of sp³-hybridized carbons (Fsp3) is 0.214. The second-order valence-electron chi connectivity index (χ2n) is 18.8. The zero-order valence-electron chi connectivity index (χ0n) is 36.3. The molecule has 0 aliphatic rings. The van der Waals surface area contributed by atoms with Crippen molar-refractivity contribution in [3.63, 3.8) is 0 Å². The average molecular weight is 779 g/mol. The number of rotatable bonds is 4. The molecule has 9 aromatic rings. The molecule has 0 unspecified atom stereocenters. The Hall–Kier alpha value is -6.88. The third-order valence-corrected chi connectivity index (χ3v) is 12.1. The molecule has 0 atom stereocenters. The van der Waals surface area contributed by atoms with Crippen molar-refractivity contribution in [3.8, 4) is 45.8 Å². The van der Waals surface area contributed by atoms with Gasteiger partial charge in [0, 0.05) is 32.7 Å². The van der Waals surface area contributed by atoms with Gasteiger partial charge >= 0.3 is 0 Å². The van der Waals surface area contributed by atoms with Crippen LogP contribution in [0.2, 0.25) is 0 Å². The second kappa shape index (κ2) is 13.9. The van der Waals surface area contributed by atoms with Gasteiger partial charge in [0.1, 0.15) is 0 Å². The molecule has 60 heavy (non-hydrogen) atoms. The molecular formula is C56H50N4. The summed E-state index contributed by atoms with van der Waals surface area (Å²) in [4.78, 5) is 0. The van der Waals surface area contributed by atoms with Crippen LogP contribution < -0.4 is 0 Å². The van der Waals surface area contributed by atoms with Gasteiger partial charge in [-0.1, -0.05) is 112 Å². The third-order valence-electron chi connectivity index (χ3n) is 12.1. The Morgan fingerprint density at radius 1 is 0.400 bits per heavy atom. The molecule has 0 amide bonds. The van der Waals surface area contributed by atoms with Crippen LogP contribution in [-0.4, -0.2) is 9.13 Å². The molecule has 0 N–H and O–H groups in total. The zero-order valence-corrected chi connectivity index (χ0v) is 36.3. The van der Waals surface area contributed by atoms with Crippen LogP contribution in [0.1, 0.15) is 86.1 Å². The van der Waals surface area contributed by atoms with Crippen LogP contribution in [-0.2, 0) is 10.8 Å². The van der Waals surface area contributed by atoms with E-state index in [0.29, 0.717) is 11.1 Å². The van der Waals surface area contributed by atoms with Crippen molar-refractivity contribution in [2.75, 3.05) is 0 Å². The molecule has 4 heteroatoms. The maximum Gasteiger partial charge on any atom is 0.0991 e. The van der Waals surface area contributed by atoms with Crippen molar-refractivity contribution < 1.29 is 0 Å². The maximum absolute atomic E-state index is 10.5. The van der Waals surface area contributed by atoms with Gasteiger partial charge in [-0.2, -0.15) is 10.5 Å². The van der Waals surface area contributed by atoms with Gasteiger partial charge in [-0.15, -0.1) is 0 Å². The highest BCUT2D eigenvalue weighted by atomic mass is 15.0. The summed E-state index contributed by atoms with van der Waals surface area (Å²) >= 11 is 0. The SMILES string of the molecule is Cc1ccc2c(c1)c1cc(C)ccc1n2-c1c(-c2cccc(C#N)c2)c(C(C)(C)C)c(-n2c3ccc(C)cc3c3cc(C)ccc32)c(C(C)(C)C)c1-c1cccc(C#N)c1. The number of hydrogen-bond acceptors (Lipinski definition) is 2. The molecule has 7 aromatic carbocycles. The Bertz CT molecular complexity index is 3120. The van der Waals surface area contributed by atoms with Crippen molar-refractivity contribution in [2.45, 2.75) is 80.1 Å². The molecule has 0 aliphatic heterocycles. The van der Waals surface area contributed by atoms with E-state index < -0.39 is 10.8 Å². The Morgan fingerprint density at radius 2 is 0.717 bits per heavy atom. The van der Waals surface area contributed by atoms with Crippen LogP contribution in [0.3, 0.4) is 0 Å². The largest absolute Gasteiger partial charge is 0.309 e. The average Bonchev–Trinajstić information content (AvgIpc) is 3.69. The summed E-state index contributed by atoms with van der Waals surface area (Å²) < 4.78 is 5.02. The molecule has 0 spiro atoms. The smallest absolute Gasteiger partial charge is 0.0991 e. The highest BCUT2D eigenvalue weighted by molar-refractivity contribution is 6.13. The molecule has 2 heterocycles. The molecule has 0 radical (unpaired) electrons. The first-order chi connectivity index (χ1) is 28.6. The lowest BCUT2D eigenvalue weighted by Crippen LogP contribution is -2.26. The lowest BCUT2D eigenvalue weighted by Gasteiger charge is -2.38. The van der Waals surface area contributed by atoms with Crippen LogP contribution >= 0.6 is 0 Å². The number of nitriles is 2. The Labute approximate surface area is 353 Å². The first-order valence-electron chi connectivity index (χ1n) is 20.9. The van der Waals surface area contributed by atoms with Crippen LogP contribution in [0.15, 0.2) is 121 Å². The lowest BCUT2D eigenvalue weighted by atomic mass is 9.71.